The van der Waals surface area contributed by atoms with Gasteiger partial charge < -0.3 is 9.47 Å². The number of unbranched alkanes of at least 4 members (excludes halogenated alkanes) is 6. The highest BCUT2D eigenvalue weighted by Gasteiger charge is 2.63. The topological polar surface area (TPSA) is 52.6 Å². The molecule has 0 aliphatic heterocycles. The average Bonchev–Trinajstić information content (AvgIpc) is 3.20. The van der Waals surface area contributed by atoms with Crippen LogP contribution in [0.3, 0.4) is 0 Å². The molecule has 0 radical (unpaired) electrons. The van der Waals surface area contributed by atoms with Crippen molar-refractivity contribution in [3.63, 3.8) is 0 Å². The number of esters is 1. The Balaban J connectivity index is 1.56. The molecule has 0 heterocycles. The molecule has 0 aromatic heterocycles. The Kier molecular flexibility index (Phi) is 10.2. The zero-order chi connectivity index (χ0) is 27.2. The van der Waals surface area contributed by atoms with Crippen LogP contribution in [0.25, 0.3) is 0 Å². The SMILES string of the molecule is CCCCCCCC[C@H]1CC(=O)[C@@]2(COC(=O)CCCC)CC[C@H]3[C@@H](CC=C4C=C(OCC)CC[C@@]43C)[C@H]12. The molecule has 4 rings (SSSR count). The zero-order valence-corrected chi connectivity index (χ0v) is 24.8. The summed E-state index contributed by atoms with van der Waals surface area (Å²) in [6.45, 7) is 9.95. The number of ether oxygens (including phenoxy) is 2. The molecule has 2 saturated carbocycles. The standard InChI is InChI=1S/C34H54O4/c1-5-8-10-11-12-13-14-25-22-30(35)34(24-38-31(36)15-9-6-2)21-19-29-28(32(25)34)17-16-26-23-27(37-7-3)18-20-33(26,29)4/h16,23,25,28-29,32H,5-15,17-22,24H2,1-4H3/t25-,28+,29-,32-,33-,34-/m0/s1. The van der Waals surface area contributed by atoms with E-state index in [9.17, 15) is 9.59 Å². The van der Waals surface area contributed by atoms with Gasteiger partial charge in [0.1, 0.15) is 12.4 Å². The van der Waals surface area contributed by atoms with Gasteiger partial charge >= 0.3 is 5.97 Å². The minimum atomic E-state index is -0.460. The average molecular weight is 527 g/mol. The normalized spacial score (nSPS) is 34.1. The predicted octanol–water partition coefficient (Wildman–Crippen LogP) is 8.74. The first-order chi connectivity index (χ1) is 18.4. The van der Waals surface area contributed by atoms with E-state index in [-0.39, 0.29) is 11.4 Å². The Labute approximate surface area is 232 Å². The van der Waals surface area contributed by atoms with Crippen LogP contribution in [-0.4, -0.2) is 25.0 Å². The third-order valence-corrected chi connectivity index (χ3v) is 10.8. The van der Waals surface area contributed by atoms with E-state index < -0.39 is 5.41 Å². The Morgan fingerprint density at radius 2 is 1.79 bits per heavy atom. The first-order valence-corrected chi connectivity index (χ1v) is 16.1. The Hall–Kier alpha value is -1.58. The van der Waals surface area contributed by atoms with E-state index >= 15 is 0 Å². The number of hydrogen-bond acceptors (Lipinski definition) is 4. The smallest absolute Gasteiger partial charge is 0.305 e. The molecular weight excluding hydrogens is 472 g/mol. The van der Waals surface area contributed by atoms with Crippen LogP contribution in [0.4, 0.5) is 0 Å². The molecular formula is C34H54O4. The summed E-state index contributed by atoms with van der Waals surface area (Å²) >= 11 is 0. The summed E-state index contributed by atoms with van der Waals surface area (Å²) < 4.78 is 11.8. The van der Waals surface area contributed by atoms with Gasteiger partial charge in [-0.05, 0) is 86.2 Å². The molecule has 0 aromatic rings. The summed E-state index contributed by atoms with van der Waals surface area (Å²) in [4.78, 5) is 26.4. The van der Waals surface area contributed by atoms with Crippen LogP contribution < -0.4 is 0 Å². The lowest BCUT2D eigenvalue weighted by Crippen LogP contribution is -2.53. The number of carbonyl (C=O) groups excluding carboxylic acids is 2. The van der Waals surface area contributed by atoms with Crippen molar-refractivity contribution in [2.24, 2.45) is 34.5 Å². The highest BCUT2D eigenvalue weighted by molar-refractivity contribution is 5.88. The van der Waals surface area contributed by atoms with Gasteiger partial charge in [-0.25, -0.2) is 0 Å². The molecule has 4 heteroatoms. The zero-order valence-electron chi connectivity index (χ0n) is 24.8. The number of carbonyl (C=O) groups is 2. The quantitative estimate of drug-likeness (QED) is 0.168. The number of fused-ring (bicyclic) bond motifs is 5. The Bertz CT molecular complexity index is 887. The molecule has 0 amide bonds. The van der Waals surface area contributed by atoms with Crippen LogP contribution in [0.2, 0.25) is 0 Å². The van der Waals surface area contributed by atoms with Gasteiger partial charge in [0, 0.05) is 19.3 Å². The lowest BCUT2D eigenvalue weighted by Gasteiger charge is -2.57. The molecule has 0 saturated heterocycles. The molecule has 0 spiro atoms. The predicted molar refractivity (Wildman–Crippen MR) is 153 cm³/mol. The van der Waals surface area contributed by atoms with E-state index in [1.807, 2.05) is 0 Å². The summed E-state index contributed by atoms with van der Waals surface area (Å²) in [5.41, 5.74) is 1.16. The summed E-state index contributed by atoms with van der Waals surface area (Å²) in [7, 11) is 0. The second-order valence-electron chi connectivity index (χ2n) is 13.1. The van der Waals surface area contributed by atoms with E-state index in [0.717, 1.165) is 63.7 Å². The third kappa shape index (κ3) is 5.94. The van der Waals surface area contributed by atoms with Crippen LogP contribution in [0.1, 0.15) is 130 Å². The van der Waals surface area contributed by atoms with Gasteiger partial charge in [0.05, 0.1) is 17.8 Å². The second kappa shape index (κ2) is 13.2. The molecule has 4 aliphatic carbocycles. The van der Waals surface area contributed by atoms with Gasteiger partial charge in [-0.2, -0.15) is 0 Å². The minimum absolute atomic E-state index is 0.118. The fourth-order valence-electron chi connectivity index (χ4n) is 8.76. The van der Waals surface area contributed by atoms with Crippen LogP contribution in [0.15, 0.2) is 23.5 Å². The van der Waals surface area contributed by atoms with E-state index in [2.05, 4.69) is 39.8 Å². The highest BCUT2D eigenvalue weighted by Crippen LogP contribution is 2.65. The second-order valence-corrected chi connectivity index (χ2v) is 13.1. The fourth-order valence-corrected chi connectivity index (χ4v) is 8.76. The van der Waals surface area contributed by atoms with Crippen molar-refractivity contribution in [3.05, 3.63) is 23.5 Å². The van der Waals surface area contributed by atoms with Crippen LogP contribution in [0.5, 0.6) is 0 Å². The van der Waals surface area contributed by atoms with Crippen molar-refractivity contribution in [1.29, 1.82) is 0 Å². The number of ketones is 1. The molecule has 2 fully saturated rings. The van der Waals surface area contributed by atoms with Crippen molar-refractivity contribution in [2.75, 3.05) is 13.2 Å². The Morgan fingerprint density at radius 3 is 2.55 bits per heavy atom. The number of rotatable bonds is 14. The number of hydrogen-bond donors (Lipinski definition) is 0. The largest absolute Gasteiger partial charge is 0.498 e. The highest BCUT2D eigenvalue weighted by atomic mass is 16.5. The van der Waals surface area contributed by atoms with E-state index in [1.165, 1.54) is 44.1 Å². The van der Waals surface area contributed by atoms with Gasteiger partial charge in [0.15, 0.2) is 0 Å². The molecule has 0 N–H and O–H groups in total. The maximum Gasteiger partial charge on any atom is 0.305 e. The molecule has 0 unspecified atom stereocenters. The molecule has 0 aromatic carbocycles. The summed E-state index contributed by atoms with van der Waals surface area (Å²) in [6.07, 6.45) is 21.8. The minimum Gasteiger partial charge on any atom is -0.498 e. The number of Topliss-reactive ketones (excluding diaryl/α,β-unsaturated/α-hetero) is 1. The molecule has 4 nitrogen and oxygen atoms in total. The maximum atomic E-state index is 13.9. The van der Waals surface area contributed by atoms with Crippen molar-refractivity contribution >= 4 is 11.8 Å². The van der Waals surface area contributed by atoms with Gasteiger partial charge in [0.2, 0.25) is 0 Å². The molecule has 214 valence electrons. The van der Waals surface area contributed by atoms with Crippen LogP contribution >= 0.6 is 0 Å². The third-order valence-electron chi connectivity index (χ3n) is 10.8. The monoisotopic (exact) mass is 526 g/mol. The fraction of sp³-hybridized carbons (Fsp3) is 0.824. The van der Waals surface area contributed by atoms with Gasteiger partial charge in [0.25, 0.3) is 0 Å². The lowest BCUT2D eigenvalue weighted by molar-refractivity contribution is -0.157. The van der Waals surface area contributed by atoms with Gasteiger partial charge in [-0.3, -0.25) is 9.59 Å². The van der Waals surface area contributed by atoms with Crippen LogP contribution in [-0.2, 0) is 19.1 Å². The molecule has 6 atom stereocenters. The maximum absolute atomic E-state index is 13.9. The van der Waals surface area contributed by atoms with E-state index in [0.29, 0.717) is 48.9 Å². The van der Waals surface area contributed by atoms with Crippen molar-refractivity contribution < 1.29 is 19.1 Å². The molecule has 4 aliphatic rings. The van der Waals surface area contributed by atoms with E-state index in [4.69, 9.17) is 9.47 Å². The van der Waals surface area contributed by atoms with Crippen LogP contribution in [0, 0.1) is 34.5 Å². The molecule has 0 bridgehead atoms. The molecule has 38 heavy (non-hydrogen) atoms. The van der Waals surface area contributed by atoms with Crippen molar-refractivity contribution in [3.8, 4) is 0 Å². The first-order valence-electron chi connectivity index (χ1n) is 16.1. The summed E-state index contributed by atoms with van der Waals surface area (Å²) in [5.74, 6) is 3.29. The van der Waals surface area contributed by atoms with Crippen molar-refractivity contribution in [1.82, 2.24) is 0 Å². The van der Waals surface area contributed by atoms with Gasteiger partial charge in [-0.1, -0.05) is 71.8 Å². The summed E-state index contributed by atoms with van der Waals surface area (Å²) in [6, 6.07) is 0. The van der Waals surface area contributed by atoms with Gasteiger partial charge in [-0.15, -0.1) is 0 Å². The lowest BCUT2D eigenvalue weighted by atomic mass is 9.47. The summed E-state index contributed by atoms with van der Waals surface area (Å²) in [5, 5.41) is 0. The van der Waals surface area contributed by atoms with E-state index in [1.54, 1.807) is 0 Å². The van der Waals surface area contributed by atoms with Crippen molar-refractivity contribution in [2.45, 2.75) is 130 Å². The first kappa shape index (κ1) is 29.4. The Morgan fingerprint density at radius 1 is 1.03 bits per heavy atom. The number of allylic oxidation sites excluding steroid dienone is 4.